The molecular formula is C13H14F3N3. The van der Waals surface area contributed by atoms with Crippen LogP contribution in [0.5, 0.6) is 0 Å². The van der Waals surface area contributed by atoms with E-state index in [-0.39, 0.29) is 0 Å². The maximum atomic E-state index is 12.5. The number of nitrogens with zero attached hydrogens (tertiary/aromatic N) is 2. The van der Waals surface area contributed by atoms with Crippen molar-refractivity contribution in [2.75, 3.05) is 5.73 Å². The molecule has 6 heteroatoms. The third-order valence-electron chi connectivity index (χ3n) is 2.94. The number of nitrogen functional groups attached to an aromatic ring is 1. The minimum Gasteiger partial charge on any atom is -0.399 e. The lowest BCUT2D eigenvalue weighted by Gasteiger charge is -2.07. The highest BCUT2D eigenvalue weighted by atomic mass is 19.4. The summed E-state index contributed by atoms with van der Waals surface area (Å²) in [5, 5.41) is 3.59. The molecule has 1 aromatic carbocycles. The second kappa shape index (κ2) is 4.60. The lowest BCUT2D eigenvalue weighted by molar-refractivity contribution is -0.141. The summed E-state index contributed by atoms with van der Waals surface area (Å²) >= 11 is 0. The van der Waals surface area contributed by atoms with Crippen LogP contribution in [0.2, 0.25) is 0 Å². The zero-order valence-electron chi connectivity index (χ0n) is 10.6. The highest BCUT2D eigenvalue weighted by molar-refractivity contribution is 5.47. The van der Waals surface area contributed by atoms with Crippen molar-refractivity contribution in [2.45, 2.75) is 26.6 Å². The summed E-state index contributed by atoms with van der Waals surface area (Å²) in [6.07, 6.45) is -4.41. The molecule has 0 spiro atoms. The Hall–Kier alpha value is -1.98. The summed E-state index contributed by atoms with van der Waals surface area (Å²) in [6, 6.07) is 6.43. The highest BCUT2D eigenvalue weighted by Gasteiger charge is 2.34. The summed E-state index contributed by atoms with van der Waals surface area (Å²) in [6.45, 7) is 3.76. The number of nitrogens with two attached hydrogens (primary N) is 1. The maximum absolute atomic E-state index is 12.5. The van der Waals surface area contributed by atoms with Gasteiger partial charge in [-0.1, -0.05) is 12.1 Å². The van der Waals surface area contributed by atoms with E-state index in [4.69, 9.17) is 5.73 Å². The van der Waals surface area contributed by atoms with Crippen LogP contribution in [0.15, 0.2) is 24.3 Å². The molecule has 1 heterocycles. The van der Waals surface area contributed by atoms with E-state index in [0.717, 1.165) is 17.2 Å². The van der Waals surface area contributed by atoms with Crippen molar-refractivity contribution >= 4 is 5.69 Å². The first kappa shape index (κ1) is 13.5. The van der Waals surface area contributed by atoms with Gasteiger partial charge in [-0.05, 0) is 37.1 Å². The topological polar surface area (TPSA) is 43.8 Å². The van der Waals surface area contributed by atoms with Gasteiger partial charge in [0.1, 0.15) is 0 Å². The van der Waals surface area contributed by atoms with Crippen LogP contribution in [0.1, 0.15) is 22.5 Å². The molecule has 3 nitrogen and oxygen atoms in total. The van der Waals surface area contributed by atoms with Crippen LogP contribution in [0.4, 0.5) is 18.9 Å². The van der Waals surface area contributed by atoms with Crippen molar-refractivity contribution in [3.05, 3.63) is 46.8 Å². The van der Waals surface area contributed by atoms with Crippen molar-refractivity contribution in [3.63, 3.8) is 0 Å². The molecule has 2 N–H and O–H groups in total. The fourth-order valence-corrected chi connectivity index (χ4v) is 1.82. The molecule has 0 aliphatic heterocycles. The maximum Gasteiger partial charge on any atom is 0.435 e. The molecule has 2 rings (SSSR count). The predicted octanol–water partition coefficient (Wildman–Crippen LogP) is 3.15. The van der Waals surface area contributed by atoms with Gasteiger partial charge < -0.3 is 5.73 Å². The van der Waals surface area contributed by atoms with Gasteiger partial charge in [0, 0.05) is 11.4 Å². The Morgan fingerprint density at radius 2 is 1.89 bits per heavy atom. The van der Waals surface area contributed by atoms with Crippen LogP contribution < -0.4 is 5.73 Å². The summed E-state index contributed by atoms with van der Waals surface area (Å²) < 4.78 is 39.0. The minimum absolute atomic E-state index is 0.295. The molecule has 2 aromatic rings. The third-order valence-corrected chi connectivity index (χ3v) is 2.94. The zero-order valence-corrected chi connectivity index (χ0v) is 10.6. The summed E-state index contributed by atoms with van der Waals surface area (Å²) in [5.74, 6) is 0. The Morgan fingerprint density at radius 1 is 1.21 bits per heavy atom. The van der Waals surface area contributed by atoms with Crippen molar-refractivity contribution in [3.8, 4) is 0 Å². The number of hydrogen-bond acceptors (Lipinski definition) is 2. The number of hydrogen-bond donors (Lipinski definition) is 1. The molecule has 0 fully saturated rings. The van der Waals surface area contributed by atoms with Gasteiger partial charge in [0.15, 0.2) is 5.69 Å². The number of aromatic nitrogens is 2. The number of halogens is 3. The van der Waals surface area contributed by atoms with Crippen molar-refractivity contribution < 1.29 is 13.2 Å². The molecule has 0 saturated heterocycles. The second-order valence-corrected chi connectivity index (χ2v) is 4.52. The summed E-state index contributed by atoms with van der Waals surface area (Å²) in [5.41, 5.74) is 7.74. The van der Waals surface area contributed by atoms with Gasteiger partial charge in [0.2, 0.25) is 0 Å². The van der Waals surface area contributed by atoms with E-state index in [1.54, 1.807) is 19.1 Å². The molecule has 0 bridgehead atoms. The summed E-state index contributed by atoms with van der Waals surface area (Å²) in [4.78, 5) is 0. The molecule has 0 aliphatic rings. The largest absolute Gasteiger partial charge is 0.435 e. The first-order chi connectivity index (χ1) is 8.77. The minimum atomic E-state index is -4.41. The quantitative estimate of drug-likeness (QED) is 0.851. The lowest BCUT2D eigenvalue weighted by atomic mass is 10.1. The normalized spacial score (nSPS) is 11.8. The van der Waals surface area contributed by atoms with Crippen molar-refractivity contribution in [1.29, 1.82) is 0 Å². The fourth-order valence-electron chi connectivity index (χ4n) is 1.82. The van der Waals surface area contributed by atoms with E-state index in [1.807, 2.05) is 13.0 Å². The number of benzene rings is 1. The standard InChI is InChI=1S/C13H14F3N3/c1-8-5-10(3-4-11(8)17)7-19-9(2)6-12(18-19)13(14,15)16/h3-6H,7,17H2,1-2H3. The van der Waals surface area contributed by atoms with Crippen LogP contribution in [0, 0.1) is 13.8 Å². The third kappa shape index (κ3) is 2.89. The second-order valence-electron chi connectivity index (χ2n) is 4.52. The number of aryl methyl sites for hydroxylation is 2. The van der Waals surface area contributed by atoms with E-state index in [1.165, 1.54) is 4.68 Å². The van der Waals surface area contributed by atoms with Crippen molar-refractivity contribution in [1.82, 2.24) is 9.78 Å². The average molecular weight is 269 g/mol. The molecule has 0 unspecified atom stereocenters. The average Bonchev–Trinajstić information content (AvgIpc) is 2.65. The van der Waals surface area contributed by atoms with Crippen molar-refractivity contribution in [2.24, 2.45) is 0 Å². The first-order valence-corrected chi connectivity index (χ1v) is 5.74. The first-order valence-electron chi connectivity index (χ1n) is 5.74. The van der Waals surface area contributed by atoms with Crippen LogP contribution >= 0.6 is 0 Å². The summed E-state index contributed by atoms with van der Waals surface area (Å²) in [7, 11) is 0. The Morgan fingerprint density at radius 3 is 2.42 bits per heavy atom. The smallest absolute Gasteiger partial charge is 0.399 e. The van der Waals surface area contributed by atoms with Crippen LogP contribution in [-0.4, -0.2) is 9.78 Å². The Kier molecular flexibility index (Phi) is 3.26. The van der Waals surface area contributed by atoms with Gasteiger partial charge in [0.25, 0.3) is 0 Å². The van der Waals surface area contributed by atoms with E-state index in [2.05, 4.69) is 5.10 Å². The molecule has 102 valence electrons. The SMILES string of the molecule is Cc1cc(Cn2nc(C(F)(F)F)cc2C)ccc1N. The Balaban J connectivity index is 2.28. The van der Waals surface area contributed by atoms with Gasteiger partial charge in [0.05, 0.1) is 6.54 Å². The van der Waals surface area contributed by atoms with E-state index >= 15 is 0 Å². The highest BCUT2D eigenvalue weighted by Crippen LogP contribution is 2.28. The predicted molar refractivity (Wildman–Crippen MR) is 66.7 cm³/mol. The van der Waals surface area contributed by atoms with Gasteiger partial charge in [-0.3, -0.25) is 4.68 Å². The lowest BCUT2D eigenvalue weighted by Crippen LogP contribution is -2.09. The molecule has 0 atom stereocenters. The number of rotatable bonds is 2. The van der Waals surface area contributed by atoms with Crippen LogP contribution in [-0.2, 0) is 12.7 Å². The molecule has 0 aliphatic carbocycles. The number of alkyl halides is 3. The monoisotopic (exact) mass is 269 g/mol. The van der Waals surface area contributed by atoms with Crippen LogP contribution in [0.3, 0.4) is 0 Å². The van der Waals surface area contributed by atoms with Gasteiger partial charge >= 0.3 is 6.18 Å². The molecule has 19 heavy (non-hydrogen) atoms. The van der Waals surface area contributed by atoms with Gasteiger partial charge in [-0.15, -0.1) is 0 Å². The molecule has 0 saturated carbocycles. The Bertz CT molecular complexity index is 600. The zero-order chi connectivity index (χ0) is 14.2. The molecule has 0 amide bonds. The van der Waals surface area contributed by atoms with Gasteiger partial charge in [-0.25, -0.2) is 0 Å². The molecule has 0 radical (unpaired) electrons. The van der Waals surface area contributed by atoms with E-state index in [9.17, 15) is 13.2 Å². The molecular weight excluding hydrogens is 255 g/mol. The van der Waals surface area contributed by atoms with E-state index < -0.39 is 11.9 Å². The molecule has 1 aromatic heterocycles. The Labute approximate surface area is 108 Å². The number of anilines is 1. The fraction of sp³-hybridized carbons (Fsp3) is 0.308. The van der Waals surface area contributed by atoms with Gasteiger partial charge in [-0.2, -0.15) is 18.3 Å². The van der Waals surface area contributed by atoms with Crippen LogP contribution in [0.25, 0.3) is 0 Å². The van der Waals surface area contributed by atoms with E-state index in [0.29, 0.717) is 17.9 Å².